The quantitative estimate of drug-likeness (QED) is 0.691. The lowest BCUT2D eigenvalue weighted by Gasteiger charge is -2.04. The van der Waals surface area contributed by atoms with Crippen LogP contribution in [0.15, 0.2) is 0 Å². The van der Waals surface area contributed by atoms with Crippen molar-refractivity contribution in [3.05, 3.63) is 0 Å². The van der Waals surface area contributed by atoms with E-state index in [2.05, 4.69) is 13.8 Å². The van der Waals surface area contributed by atoms with Crippen molar-refractivity contribution >= 4 is 0 Å². The molecule has 2 nitrogen and oxygen atoms in total. The van der Waals surface area contributed by atoms with Gasteiger partial charge in [0.2, 0.25) is 0 Å². The summed E-state index contributed by atoms with van der Waals surface area (Å²) in [6.07, 6.45) is 0.782. The van der Waals surface area contributed by atoms with Gasteiger partial charge in [-0.15, -0.1) is 0 Å². The lowest BCUT2D eigenvalue weighted by Crippen LogP contribution is -2.07. The summed E-state index contributed by atoms with van der Waals surface area (Å²) in [4.78, 5) is 0. The average Bonchev–Trinajstić information content (AvgIpc) is 1.87. The zero-order chi connectivity index (χ0) is 10.1. The van der Waals surface area contributed by atoms with E-state index in [1.807, 2.05) is 13.8 Å². The van der Waals surface area contributed by atoms with Crippen LogP contribution in [-0.2, 0) is 0 Å². The van der Waals surface area contributed by atoms with Gasteiger partial charge < -0.3 is 10.2 Å². The first-order chi connectivity index (χ1) is 5.41. The molecular weight excluding hydrogens is 152 g/mol. The van der Waals surface area contributed by atoms with Crippen LogP contribution in [0.1, 0.15) is 41.0 Å². The Morgan fingerprint density at radius 1 is 1.00 bits per heavy atom. The van der Waals surface area contributed by atoms with Gasteiger partial charge in [-0.3, -0.25) is 0 Å². The summed E-state index contributed by atoms with van der Waals surface area (Å²) in [5.41, 5.74) is 0. The second-order valence-electron chi connectivity index (χ2n) is 3.89. The molecule has 76 valence electrons. The second kappa shape index (κ2) is 9.01. The summed E-state index contributed by atoms with van der Waals surface area (Å²) in [5.74, 6) is 1.06. The van der Waals surface area contributed by atoms with E-state index in [9.17, 15) is 0 Å². The van der Waals surface area contributed by atoms with Crippen molar-refractivity contribution in [1.29, 1.82) is 0 Å². The Labute approximate surface area is 76.6 Å². The van der Waals surface area contributed by atoms with Gasteiger partial charge in [0.1, 0.15) is 0 Å². The van der Waals surface area contributed by atoms with E-state index in [0.717, 1.165) is 6.42 Å². The van der Waals surface area contributed by atoms with E-state index in [1.54, 1.807) is 6.92 Å². The Kier molecular flexibility index (Phi) is 10.8. The molecule has 0 aliphatic carbocycles. The van der Waals surface area contributed by atoms with E-state index >= 15 is 0 Å². The van der Waals surface area contributed by atoms with Crippen LogP contribution in [0.3, 0.4) is 0 Å². The van der Waals surface area contributed by atoms with Gasteiger partial charge in [-0.1, -0.05) is 27.7 Å². The Hall–Kier alpha value is -0.0800. The number of aliphatic hydroxyl groups is 2. The van der Waals surface area contributed by atoms with Gasteiger partial charge in [0.25, 0.3) is 0 Å². The molecule has 2 N–H and O–H groups in total. The fraction of sp³-hybridized carbons (Fsp3) is 1.00. The fourth-order valence-electron chi connectivity index (χ4n) is 0.258. The van der Waals surface area contributed by atoms with Crippen molar-refractivity contribution in [2.24, 2.45) is 11.8 Å². The molecule has 1 unspecified atom stereocenters. The van der Waals surface area contributed by atoms with Gasteiger partial charge in [0, 0.05) is 6.61 Å². The first kappa shape index (κ1) is 14.4. The molecule has 0 saturated heterocycles. The molecule has 0 saturated carbocycles. The van der Waals surface area contributed by atoms with Crippen molar-refractivity contribution < 1.29 is 10.2 Å². The van der Waals surface area contributed by atoms with Crippen LogP contribution in [0, 0.1) is 11.8 Å². The molecule has 0 heterocycles. The lowest BCUT2D eigenvalue weighted by molar-refractivity contribution is 0.144. The molecule has 0 rings (SSSR count). The van der Waals surface area contributed by atoms with E-state index in [-0.39, 0.29) is 6.10 Å². The Bertz CT molecular complexity index is 71.9. The highest BCUT2D eigenvalue weighted by Gasteiger charge is 1.97. The molecule has 0 fully saturated rings. The summed E-state index contributed by atoms with van der Waals surface area (Å²) in [7, 11) is 0. The molecular formula is C10H24O2. The van der Waals surface area contributed by atoms with Gasteiger partial charge in [0.15, 0.2) is 0 Å². The van der Waals surface area contributed by atoms with Crippen LogP contribution in [-0.4, -0.2) is 22.9 Å². The molecule has 0 amide bonds. The Morgan fingerprint density at radius 3 is 1.33 bits per heavy atom. The van der Waals surface area contributed by atoms with Crippen molar-refractivity contribution in [3.8, 4) is 0 Å². The van der Waals surface area contributed by atoms with Crippen molar-refractivity contribution in [3.63, 3.8) is 0 Å². The molecule has 0 spiro atoms. The summed E-state index contributed by atoms with van der Waals surface area (Å²) < 4.78 is 0. The molecule has 2 heteroatoms. The lowest BCUT2D eigenvalue weighted by atomic mass is 10.1. The van der Waals surface area contributed by atoms with Gasteiger partial charge in [-0.2, -0.15) is 0 Å². The third-order valence-electron chi connectivity index (χ3n) is 1.67. The smallest absolute Gasteiger partial charge is 0.0535 e. The zero-order valence-electron chi connectivity index (χ0n) is 9.04. The van der Waals surface area contributed by atoms with Crippen LogP contribution in [0.4, 0.5) is 0 Å². The molecule has 0 aromatic carbocycles. The van der Waals surface area contributed by atoms with Gasteiger partial charge in [-0.05, 0) is 25.2 Å². The normalized spacial score (nSPS) is 12.8. The Morgan fingerprint density at radius 2 is 1.33 bits per heavy atom. The molecule has 0 aromatic heterocycles. The molecule has 0 aromatic rings. The fourth-order valence-corrected chi connectivity index (χ4v) is 0.258. The summed E-state index contributed by atoms with van der Waals surface area (Å²) in [5, 5.41) is 16.9. The average molecular weight is 176 g/mol. The van der Waals surface area contributed by atoms with E-state index in [4.69, 9.17) is 10.2 Å². The highest BCUT2D eigenvalue weighted by atomic mass is 16.3. The standard InChI is InChI=1S/2C5H12O/c1-5(2)3-4-6;1-4(2)5(3)6/h5-6H,3-4H2,1-2H3;4-6H,1-3H3. The molecule has 1 atom stereocenters. The number of aliphatic hydroxyl groups excluding tert-OH is 2. The maximum Gasteiger partial charge on any atom is 0.0535 e. The summed E-state index contributed by atoms with van der Waals surface area (Å²) in [6.45, 7) is 10.3. The third kappa shape index (κ3) is 16.5. The molecule has 0 bridgehead atoms. The van der Waals surface area contributed by atoms with E-state index < -0.39 is 0 Å². The van der Waals surface area contributed by atoms with Crippen molar-refractivity contribution in [1.82, 2.24) is 0 Å². The van der Waals surface area contributed by atoms with Crippen LogP contribution >= 0.6 is 0 Å². The summed E-state index contributed by atoms with van der Waals surface area (Å²) in [6, 6.07) is 0. The number of hydrogen-bond donors (Lipinski definition) is 2. The summed E-state index contributed by atoms with van der Waals surface area (Å²) >= 11 is 0. The number of hydrogen-bond acceptors (Lipinski definition) is 2. The van der Waals surface area contributed by atoms with E-state index in [0.29, 0.717) is 18.4 Å². The minimum absolute atomic E-state index is 0.148. The first-order valence-electron chi connectivity index (χ1n) is 4.70. The molecule has 12 heavy (non-hydrogen) atoms. The third-order valence-corrected chi connectivity index (χ3v) is 1.67. The minimum atomic E-state index is -0.148. The zero-order valence-corrected chi connectivity index (χ0v) is 9.04. The maximum absolute atomic E-state index is 8.63. The highest BCUT2D eigenvalue weighted by Crippen LogP contribution is 1.96. The SMILES string of the molecule is CC(C)C(C)O.CC(C)CCO. The van der Waals surface area contributed by atoms with Gasteiger partial charge in [-0.25, -0.2) is 0 Å². The van der Waals surface area contributed by atoms with Crippen LogP contribution in [0.5, 0.6) is 0 Å². The Balaban J connectivity index is 0. The number of rotatable bonds is 3. The van der Waals surface area contributed by atoms with Gasteiger partial charge >= 0.3 is 0 Å². The predicted molar refractivity (Wildman–Crippen MR) is 53.1 cm³/mol. The van der Waals surface area contributed by atoms with Crippen LogP contribution in [0.2, 0.25) is 0 Å². The topological polar surface area (TPSA) is 40.5 Å². The highest BCUT2D eigenvalue weighted by molar-refractivity contribution is 4.48. The van der Waals surface area contributed by atoms with Gasteiger partial charge in [0.05, 0.1) is 6.10 Å². The van der Waals surface area contributed by atoms with Crippen LogP contribution < -0.4 is 0 Å². The predicted octanol–water partition coefficient (Wildman–Crippen LogP) is 2.05. The van der Waals surface area contributed by atoms with Crippen LogP contribution in [0.25, 0.3) is 0 Å². The first-order valence-corrected chi connectivity index (χ1v) is 4.70. The molecule has 0 aliphatic heterocycles. The van der Waals surface area contributed by atoms with E-state index in [1.165, 1.54) is 0 Å². The molecule has 0 aliphatic rings. The van der Waals surface area contributed by atoms with Crippen molar-refractivity contribution in [2.45, 2.75) is 47.1 Å². The maximum atomic E-state index is 8.63. The minimum Gasteiger partial charge on any atom is -0.396 e. The largest absolute Gasteiger partial charge is 0.396 e. The second-order valence-corrected chi connectivity index (χ2v) is 3.89. The molecule has 0 radical (unpaired) electrons. The monoisotopic (exact) mass is 176 g/mol. The van der Waals surface area contributed by atoms with Crippen molar-refractivity contribution in [2.75, 3.05) is 6.61 Å².